The van der Waals surface area contributed by atoms with Crippen LogP contribution in [0, 0.1) is 15.2 Å². The number of nitroso groups, excluding NO2 is 1. The average molecular weight is 380 g/mol. The minimum atomic E-state index is -4.94. The van der Waals surface area contributed by atoms with E-state index in [9.17, 15) is 4.91 Å². The van der Waals surface area contributed by atoms with Crippen molar-refractivity contribution in [1.82, 2.24) is 0 Å². The number of rotatable bonds is 3. The van der Waals surface area contributed by atoms with Crippen molar-refractivity contribution in [3.8, 4) is 0 Å². The third kappa shape index (κ3) is 6.89. The molecule has 9 heteroatoms. The summed E-state index contributed by atoms with van der Waals surface area (Å²) in [6.07, 6.45) is 1.94. The Morgan fingerprint density at radius 3 is 2.00 bits per heavy atom. The van der Waals surface area contributed by atoms with Gasteiger partial charge in [-0.1, -0.05) is 36.4 Å². The lowest BCUT2D eigenvalue weighted by Crippen LogP contribution is -3.03. The summed E-state index contributed by atoms with van der Waals surface area (Å²) in [6.45, 7) is 2.34. The van der Waals surface area contributed by atoms with E-state index in [1.807, 2.05) is 42.6 Å². The second-order valence-corrected chi connectivity index (χ2v) is 6.26. The fourth-order valence-electron chi connectivity index (χ4n) is 2.64. The van der Waals surface area contributed by atoms with Crippen LogP contribution in [-0.4, -0.2) is 19.6 Å². The van der Waals surface area contributed by atoms with E-state index in [2.05, 4.69) is 34.3 Å². The van der Waals surface area contributed by atoms with Crippen LogP contribution in [0.1, 0.15) is 0 Å². The van der Waals surface area contributed by atoms with Gasteiger partial charge in [-0.3, -0.25) is 4.90 Å². The summed E-state index contributed by atoms with van der Waals surface area (Å²) in [6, 6.07) is 20.3. The van der Waals surface area contributed by atoms with Crippen molar-refractivity contribution in [3.63, 3.8) is 0 Å². The molecule has 1 aliphatic heterocycles. The Morgan fingerprint density at radius 2 is 1.46 bits per heavy atom. The number of quaternary nitrogens is 1. The van der Waals surface area contributed by atoms with Crippen LogP contribution >= 0.6 is 0 Å². The van der Waals surface area contributed by atoms with Crippen molar-refractivity contribution in [2.45, 2.75) is 0 Å². The van der Waals surface area contributed by atoms with Crippen LogP contribution in [0.4, 0.5) is 11.4 Å². The minimum Gasteiger partial charge on any atom is -0.360 e. The normalized spacial score (nSPS) is 17.5. The molecule has 1 heterocycles. The first-order valence-corrected chi connectivity index (χ1v) is 8.97. The summed E-state index contributed by atoms with van der Waals surface area (Å²) in [4.78, 5) is 14.5. The van der Waals surface area contributed by atoms with E-state index in [0.717, 1.165) is 24.5 Å². The molecule has 1 aliphatic rings. The average Bonchev–Trinajstić information content (AvgIpc) is 2.85. The molecule has 0 amide bonds. The molecule has 0 aromatic heterocycles. The van der Waals surface area contributed by atoms with Crippen LogP contribution < -0.4 is 28.4 Å². The summed E-state index contributed by atoms with van der Waals surface area (Å²) in [5.74, 6) is 0. The number of nitrogens with one attached hydrogen (secondary N) is 1. The van der Waals surface area contributed by atoms with Crippen molar-refractivity contribution in [2.24, 2.45) is 5.18 Å². The Hall–Kier alpha value is -2.33. The third-order valence-electron chi connectivity index (χ3n) is 3.73. The maximum absolute atomic E-state index is 11.1. The first kappa shape index (κ1) is 20.0. The van der Waals surface area contributed by atoms with Crippen molar-refractivity contribution in [2.75, 3.05) is 24.5 Å². The van der Waals surface area contributed by atoms with Gasteiger partial charge in [0.05, 0.1) is 13.1 Å². The predicted molar refractivity (Wildman–Crippen MR) is 84.5 cm³/mol. The largest absolute Gasteiger partial charge is 0.360 e. The quantitative estimate of drug-likeness (QED) is 0.590. The van der Waals surface area contributed by atoms with Gasteiger partial charge in [0.15, 0.2) is 5.70 Å². The molecule has 138 valence electrons. The van der Waals surface area contributed by atoms with Crippen LogP contribution in [0.25, 0.3) is 0 Å². The standard InChI is InChI=1S/C17H17N3O.ClHO4/c21-18-15-13-19(16-7-3-1-4-8-16)11-12-20(14-15)17-9-5-2-6-10-17;2-1(3,4)5/h1-10,13H,11-12,14H2;(H,2,3,4,5). The van der Waals surface area contributed by atoms with Crippen LogP contribution in [0.5, 0.6) is 0 Å². The lowest BCUT2D eigenvalue weighted by molar-refractivity contribution is -2.00. The maximum atomic E-state index is 11.1. The lowest BCUT2D eigenvalue weighted by atomic mass is 10.2. The van der Waals surface area contributed by atoms with E-state index in [1.165, 1.54) is 4.90 Å². The summed E-state index contributed by atoms with van der Waals surface area (Å²) < 4.78 is 34.0. The fourth-order valence-corrected chi connectivity index (χ4v) is 2.64. The number of para-hydroxylation sites is 2. The van der Waals surface area contributed by atoms with Gasteiger partial charge in [0, 0.05) is 5.69 Å². The smallest absolute Gasteiger partial charge is 0.157 e. The Morgan fingerprint density at radius 1 is 0.923 bits per heavy atom. The molecule has 1 atom stereocenters. The molecule has 2 aromatic carbocycles. The van der Waals surface area contributed by atoms with Crippen molar-refractivity contribution in [1.29, 1.82) is 0 Å². The topological polar surface area (TPSA) is 129 Å². The molecule has 0 saturated heterocycles. The van der Waals surface area contributed by atoms with Crippen LogP contribution in [0.2, 0.25) is 0 Å². The first-order chi connectivity index (χ1) is 12.4. The van der Waals surface area contributed by atoms with Gasteiger partial charge in [-0.05, 0) is 29.4 Å². The Labute approximate surface area is 152 Å². The number of benzene rings is 2. The van der Waals surface area contributed by atoms with E-state index in [4.69, 9.17) is 18.6 Å². The van der Waals surface area contributed by atoms with E-state index in [-0.39, 0.29) is 0 Å². The third-order valence-corrected chi connectivity index (χ3v) is 3.73. The zero-order valence-electron chi connectivity index (χ0n) is 13.8. The second kappa shape index (κ2) is 9.39. The van der Waals surface area contributed by atoms with Gasteiger partial charge in [-0.2, -0.15) is 0 Å². The molecule has 1 unspecified atom stereocenters. The summed E-state index contributed by atoms with van der Waals surface area (Å²) >= 11 is 0. The highest BCUT2D eigenvalue weighted by atomic mass is 35.7. The molecule has 3 rings (SSSR count). The van der Waals surface area contributed by atoms with Gasteiger partial charge < -0.3 is 4.90 Å². The highest BCUT2D eigenvalue weighted by Crippen LogP contribution is 2.16. The molecule has 8 nitrogen and oxygen atoms in total. The summed E-state index contributed by atoms with van der Waals surface area (Å²) in [7, 11) is -4.94. The van der Waals surface area contributed by atoms with Gasteiger partial charge >= 0.3 is 0 Å². The monoisotopic (exact) mass is 379 g/mol. The zero-order chi connectivity index (χ0) is 19.0. The van der Waals surface area contributed by atoms with Gasteiger partial charge in [-0.25, -0.2) is 18.6 Å². The second-order valence-electron chi connectivity index (χ2n) is 5.50. The SMILES string of the molecule is O=NC1=C[NH+](c2ccccc2)CCN(c2ccccc2)C1.[O-][Cl+3]([O-])([O-])[O-]. The molecule has 0 fully saturated rings. The molecular formula is C17H18ClN3O5. The minimum absolute atomic E-state index is 0.559. The van der Waals surface area contributed by atoms with Gasteiger partial charge in [0.2, 0.25) is 0 Å². The molecule has 0 saturated carbocycles. The first-order valence-electron chi connectivity index (χ1n) is 7.74. The van der Waals surface area contributed by atoms with Crippen molar-refractivity contribution in [3.05, 3.63) is 77.5 Å². The molecule has 1 N–H and O–H groups in total. The number of hydrogen-bond acceptors (Lipinski definition) is 7. The number of nitrogens with zero attached hydrogens (tertiary/aromatic N) is 2. The Balaban J connectivity index is 0.000000431. The Kier molecular flexibility index (Phi) is 7.22. The number of anilines is 1. The fraction of sp³-hybridized carbons (Fsp3) is 0.176. The molecular weight excluding hydrogens is 362 g/mol. The van der Waals surface area contributed by atoms with E-state index in [0.29, 0.717) is 12.2 Å². The van der Waals surface area contributed by atoms with E-state index >= 15 is 0 Å². The van der Waals surface area contributed by atoms with E-state index in [1.54, 1.807) is 0 Å². The van der Waals surface area contributed by atoms with Crippen molar-refractivity contribution >= 4 is 11.4 Å². The molecule has 26 heavy (non-hydrogen) atoms. The van der Waals surface area contributed by atoms with Gasteiger partial charge in [0.25, 0.3) is 0 Å². The molecule has 0 aliphatic carbocycles. The lowest BCUT2D eigenvalue weighted by Gasteiger charge is -2.22. The zero-order valence-corrected chi connectivity index (χ0v) is 14.5. The Bertz CT molecular complexity index is 716. The van der Waals surface area contributed by atoms with Gasteiger partial charge in [0.1, 0.15) is 18.4 Å². The summed E-state index contributed by atoms with van der Waals surface area (Å²) in [5.41, 5.74) is 2.87. The predicted octanol–water partition coefficient (Wildman–Crippen LogP) is -2.42. The van der Waals surface area contributed by atoms with Crippen LogP contribution in [0.15, 0.2) is 77.7 Å². The van der Waals surface area contributed by atoms with Crippen molar-refractivity contribution < 1.29 is 33.8 Å². The number of halogens is 1. The van der Waals surface area contributed by atoms with Gasteiger partial charge in [-0.15, -0.1) is 15.2 Å². The summed E-state index contributed by atoms with van der Waals surface area (Å²) in [5, 5.41) is 3.21. The van der Waals surface area contributed by atoms with Crippen LogP contribution in [-0.2, 0) is 0 Å². The highest BCUT2D eigenvalue weighted by molar-refractivity contribution is 5.47. The van der Waals surface area contributed by atoms with E-state index < -0.39 is 10.2 Å². The molecule has 0 bridgehead atoms. The molecule has 0 radical (unpaired) electrons. The molecule has 2 aromatic rings. The number of hydrogen-bond donors (Lipinski definition) is 1. The van der Waals surface area contributed by atoms with Crippen LogP contribution in [0.3, 0.4) is 0 Å². The highest BCUT2D eigenvalue weighted by Gasteiger charge is 2.21. The molecule has 0 spiro atoms. The maximum Gasteiger partial charge on any atom is 0.157 e.